The summed E-state index contributed by atoms with van der Waals surface area (Å²) in [7, 11) is 1.57. The molecule has 2 heterocycles. The Labute approximate surface area is 75.3 Å². The van der Waals surface area contributed by atoms with E-state index in [1.165, 1.54) is 11.3 Å². The first kappa shape index (κ1) is 7.73. The highest BCUT2D eigenvalue weighted by atomic mass is 32.2. The molecule has 0 spiro atoms. The number of rotatable bonds is 2. The van der Waals surface area contributed by atoms with Crippen LogP contribution in [0, 0.1) is 0 Å². The third kappa shape index (κ3) is 1.34. The quantitative estimate of drug-likeness (QED) is 0.703. The molecule has 1 aromatic heterocycles. The van der Waals surface area contributed by atoms with Gasteiger partial charge in [-0.2, -0.15) is 11.8 Å². The predicted octanol–water partition coefficient (Wildman–Crippen LogP) is 1.46. The predicted molar refractivity (Wildman–Crippen MR) is 50.4 cm³/mol. The van der Waals surface area contributed by atoms with Crippen molar-refractivity contribution in [3.63, 3.8) is 0 Å². The molecule has 1 aromatic rings. The summed E-state index contributed by atoms with van der Waals surface area (Å²) in [5.74, 6) is 1.71. The number of aromatic nitrogens is 1. The monoisotopic (exact) mass is 182 g/mol. The van der Waals surface area contributed by atoms with Gasteiger partial charge in [0.15, 0.2) is 0 Å². The van der Waals surface area contributed by atoms with Crippen LogP contribution in [0.1, 0.15) is 10.8 Å². The van der Waals surface area contributed by atoms with Crippen LogP contribution < -0.4 is 10.5 Å². The third-order valence-corrected chi connectivity index (χ3v) is 2.74. The number of methoxy groups -OCH3 is 1. The molecule has 1 fully saturated rings. The van der Waals surface area contributed by atoms with Crippen LogP contribution in [0.25, 0.3) is 0 Å². The highest BCUT2D eigenvalue weighted by Crippen LogP contribution is 2.46. The molecule has 3 nitrogen and oxygen atoms in total. The fourth-order valence-electron chi connectivity index (χ4n) is 1.07. The largest absolute Gasteiger partial charge is 0.480 e. The van der Waals surface area contributed by atoms with E-state index in [0.717, 1.165) is 0 Å². The SMILES string of the molecule is COc1ncc(C2CS2)cc1N. The summed E-state index contributed by atoms with van der Waals surface area (Å²) in [6.07, 6.45) is 1.83. The van der Waals surface area contributed by atoms with Crippen molar-refractivity contribution >= 4 is 17.4 Å². The van der Waals surface area contributed by atoms with Crippen molar-refractivity contribution in [3.05, 3.63) is 17.8 Å². The van der Waals surface area contributed by atoms with Crippen molar-refractivity contribution in [1.82, 2.24) is 4.98 Å². The Morgan fingerprint density at radius 1 is 1.75 bits per heavy atom. The molecular formula is C8H10N2OS. The first-order valence-electron chi connectivity index (χ1n) is 3.72. The van der Waals surface area contributed by atoms with E-state index < -0.39 is 0 Å². The Morgan fingerprint density at radius 2 is 2.50 bits per heavy atom. The van der Waals surface area contributed by atoms with Gasteiger partial charge >= 0.3 is 0 Å². The minimum atomic E-state index is 0.518. The average molecular weight is 182 g/mol. The van der Waals surface area contributed by atoms with Gasteiger partial charge in [0, 0.05) is 17.2 Å². The topological polar surface area (TPSA) is 48.1 Å². The summed E-state index contributed by atoms with van der Waals surface area (Å²) in [6.45, 7) is 0. The van der Waals surface area contributed by atoms with Gasteiger partial charge in [0.05, 0.1) is 12.8 Å². The van der Waals surface area contributed by atoms with Crippen LogP contribution >= 0.6 is 11.8 Å². The maximum atomic E-state index is 5.70. The summed E-state index contributed by atoms with van der Waals surface area (Å²) in [5, 5.41) is 0.616. The summed E-state index contributed by atoms with van der Waals surface area (Å²) in [5.41, 5.74) is 7.53. The minimum absolute atomic E-state index is 0.518. The Balaban J connectivity index is 2.30. The molecule has 2 rings (SSSR count). The first-order valence-corrected chi connectivity index (χ1v) is 4.77. The lowest BCUT2D eigenvalue weighted by molar-refractivity contribution is 0.400. The zero-order chi connectivity index (χ0) is 8.55. The van der Waals surface area contributed by atoms with E-state index in [2.05, 4.69) is 4.98 Å². The first-order chi connectivity index (χ1) is 5.81. The number of anilines is 1. The number of nitrogens with two attached hydrogens (primary N) is 1. The normalized spacial score (nSPS) is 20.6. The number of hydrogen-bond acceptors (Lipinski definition) is 4. The molecule has 0 amide bonds. The second-order valence-electron chi connectivity index (χ2n) is 2.69. The van der Waals surface area contributed by atoms with Crippen molar-refractivity contribution in [2.75, 3.05) is 18.6 Å². The number of nitrogens with zero attached hydrogens (tertiary/aromatic N) is 1. The van der Waals surface area contributed by atoms with Crippen LogP contribution in [0.5, 0.6) is 5.88 Å². The van der Waals surface area contributed by atoms with Crippen LogP contribution in [0.2, 0.25) is 0 Å². The fraction of sp³-hybridized carbons (Fsp3) is 0.375. The Kier molecular flexibility index (Phi) is 1.84. The molecule has 1 aliphatic heterocycles. The zero-order valence-electron chi connectivity index (χ0n) is 6.78. The molecule has 0 bridgehead atoms. The standard InChI is InChI=1S/C8H10N2OS/c1-11-8-6(9)2-5(3-10-8)7-4-12-7/h2-3,7H,4,9H2,1H3. The van der Waals surface area contributed by atoms with Gasteiger partial charge in [-0.15, -0.1) is 0 Å². The lowest BCUT2D eigenvalue weighted by atomic mass is 10.2. The van der Waals surface area contributed by atoms with E-state index in [1.807, 2.05) is 24.0 Å². The molecule has 1 unspecified atom stereocenters. The van der Waals surface area contributed by atoms with Gasteiger partial charge < -0.3 is 10.5 Å². The smallest absolute Gasteiger partial charge is 0.236 e. The molecule has 2 N–H and O–H groups in total. The Bertz CT molecular complexity index is 299. The molecule has 0 saturated carbocycles. The molecule has 1 aliphatic rings. The maximum absolute atomic E-state index is 5.70. The van der Waals surface area contributed by atoms with E-state index in [1.54, 1.807) is 7.11 Å². The van der Waals surface area contributed by atoms with Gasteiger partial charge in [-0.05, 0) is 11.6 Å². The Hall–Kier alpha value is -0.900. The summed E-state index contributed by atoms with van der Waals surface area (Å²) in [6, 6.07) is 1.94. The van der Waals surface area contributed by atoms with Crippen LogP contribution in [0.3, 0.4) is 0 Å². The summed E-state index contributed by atoms with van der Waals surface area (Å²) in [4.78, 5) is 4.10. The second kappa shape index (κ2) is 2.86. The minimum Gasteiger partial charge on any atom is -0.480 e. The molecule has 1 saturated heterocycles. The van der Waals surface area contributed by atoms with Crippen molar-refractivity contribution in [2.45, 2.75) is 5.25 Å². The maximum Gasteiger partial charge on any atom is 0.236 e. The van der Waals surface area contributed by atoms with Gasteiger partial charge in [0.2, 0.25) is 5.88 Å². The fourth-order valence-corrected chi connectivity index (χ4v) is 1.68. The number of hydrogen-bond donors (Lipinski definition) is 1. The number of thioether (sulfide) groups is 1. The lowest BCUT2D eigenvalue weighted by Crippen LogP contribution is -1.96. The molecule has 1 atom stereocenters. The lowest BCUT2D eigenvalue weighted by Gasteiger charge is -2.03. The number of pyridine rings is 1. The van der Waals surface area contributed by atoms with Gasteiger partial charge in [0.1, 0.15) is 0 Å². The third-order valence-electron chi connectivity index (χ3n) is 1.80. The highest BCUT2D eigenvalue weighted by Gasteiger charge is 2.25. The van der Waals surface area contributed by atoms with Gasteiger partial charge in [-0.3, -0.25) is 0 Å². The van der Waals surface area contributed by atoms with Crippen molar-refractivity contribution in [2.24, 2.45) is 0 Å². The van der Waals surface area contributed by atoms with E-state index in [4.69, 9.17) is 10.5 Å². The Morgan fingerprint density at radius 3 is 3.00 bits per heavy atom. The van der Waals surface area contributed by atoms with Crippen LogP contribution in [-0.4, -0.2) is 17.8 Å². The number of nitrogen functional groups attached to an aromatic ring is 1. The average Bonchev–Trinajstić information content (AvgIpc) is 2.86. The summed E-state index contributed by atoms with van der Waals surface area (Å²) < 4.78 is 4.96. The molecule has 12 heavy (non-hydrogen) atoms. The highest BCUT2D eigenvalue weighted by molar-refractivity contribution is 8.06. The van der Waals surface area contributed by atoms with E-state index >= 15 is 0 Å². The van der Waals surface area contributed by atoms with Crippen molar-refractivity contribution in [3.8, 4) is 5.88 Å². The molecule has 0 radical (unpaired) electrons. The molecular weight excluding hydrogens is 172 g/mol. The van der Waals surface area contributed by atoms with Crippen LogP contribution in [0.4, 0.5) is 5.69 Å². The molecule has 64 valence electrons. The molecule has 0 aromatic carbocycles. The zero-order valence-corrected chi connectivity index (χ0v) is 7.60. The van der Waals surface area contributed by atoms with Gasteiger partial charge in [0.25, 0.3) is 0 Å². The molecule has 0 aliphatic carbocycles. The van der Waals surface area contributed by atoms with Crippen molar-refractivity contribution < 1.29 is 4.74 Å². The van der Waals surface area contributed by atoms with Gasteiger partial charge in [-0.1, -0.05) is 0 Å². The van der Waals surface area contributed by atoms with E-state index in [9.17, 15) is 0 Å². The van der Waals surface area contributed by atoms with E-state index in [-0.39, 0.29) is 0 Å². The van der Waals surface area contributed by atoms with Crippen LogP contribution in [0.15, 0.2) is 12.3 Å². The summed E-state index contributed by atoms with van der Waals surface area (Å²) >= 11 is 1.91. The van der Waals surface area contributed by atoms with Gasteiger partial charge in [-0.25, -0.2) is 4.98 Å². The number of ether oxygens (including phenoxy) is 1. The van der Waals surface area contributed by atoms with Crippen LogP contribution in [-0.2, 0) is 0 Å². The van der Waals surface area contributed by atoms with Crippen molar-refractivity contribution in [1.29, 1.82) is 0 Å². The van der Waals surface area contributed by atoms with E-state index in [0.29, 0.717) is 16.8 Å². The second-order valence-corrected chi connectivity index (χ2v) is 3.92. The molecule has 4 heteroatoms.